The minimum atomic E-state index is 0.610. The van der Waals surface area contributed by atoms with Gasteiger partial charge >= 0.3 is 0 Å². The highest BCUT2D eigenvalue weighted by atomic mass is 14.9. The van der Waals surface area contributed by atoms with Crippen molar-refractivity contribution < 1.29 is 0 Å². The molecule has 1 atom stereocenters. The monoisotopic (exact) mass is 192 g/mol. The zero-order valence-corrected chi connectivity index (χ0v) is 9.27. The lowest BCUT2D eigenvalue weighted by atomic mass is 9.96. The first-order chi connectivity index (χ1) is 6.77. The van der Waals surface area contributed by atoms with Gasteiger partial charge in [-0.05, 0) is 26.2 Å². The Hall–Kier alpha value is -0.970. The van der Waals surface area contributed by atoms with Crippen molar-refractivity contribution in [2.24, 2.45) is 0 Å². The molecule has 0 aromatic carbocycles. The normalized spacial score (nSPS) is 21.6. The fraction of sp³-hybridized carbons (Fsp3) is 0.750. The van der Waals surface area contributed by atoms with Crippen molar-refractivity contribution in [2.45, 2.75) is 58.4 Å². The Morgan fingerprint density at radius 1 is 1.50 bits per heavy atom. The second-order valence-electron chi connectivity index (χ2n) is 4.09. The van der Waals surface area contributed by atoms with Crippen molar-refractivity contribution in [2.75, 3.05) is 0 Å². The third-order valence-corrected chi connectivity index (χ3v) is 2.91. The Bertz CT molecular complexity index is 248. The third kappa shape index (κ3) is 3.06. The molecule has 1 aliphatic heterocycles. The maximum Gasteiger partial charge on any atom is 0.0965 e. The van der Waals surface area contributed by atoms with E-state index in [4.69, 9.17) is 5.26 Å². The van der Waals surface area contributed by atoms with Gasteiger partial charge in [-0.15, -0.1) is 0 Å². The van der Waals surface area contributed by atoms with Crippen LogP contribution in [0.5, 0.6) is 0 Å². The van der Waals surface area contributed by atoms with Gasteiger partial charge in [-0.2, -0.15) is 5.26 Å². The van der Waals surface area contributed by atoms with Crippen LogP contribution in [0, 0.1) is 11.3 Å². The van der Waals surface area contributed by atoms with Crippen LogP contribution < -0.4 is 5.32 Å². The molecule has 14 heavy (non-hydrogen) atoms. The number of hydrogen-bond donors (Lipinski definition) is 1. The minimum absolute atomic E-state index is 0.610. The number of nitriles is 1. The second kappa shape index (κ2) is 5.70. The molecule has 0 saturated heterocycles. The van der Waals surface area contributed by atoms with Crippen LogP contribution in [0.15, 0.2) is 11.3 Å². The van der Waals surface area contributed by atoms with E-state index >= 15 is 0 Å². The molecule has 1 heterocycles. The van der Waals surface area contributed by atoms with E-state index in [0.717, 1.165) is 24.1 Å². The quantitative estimate of drug-likeness (QED) is 0.695. The molecule has 1 rings (SSSR count). The maximum atomic E-state index is 8.81. The molecule has 0 amide bonds. The summed E-state index contributed by atoms with van der Waals surface area (Å²) in [6.07, 6.45) is 7.26. The van der Waals surface area contributed by atoms with E-state index in [-0.39, 0.29) is 0 Å². The molecule has 0 bridgehead atoms. The van der Waals surface area contributed by atoms with E-state index in [2.05, 4.69) is 18.3 Å². The van der Waals surface area contributed by atoms with Gasteiger partial charge in [-0.1, -0.05) is 26.2 Å². The molecular formula is C12H20N2. The fourth-order valence-corrected chi connectivity index (χ4v) is 1.97. The number of hydrogen-bond acceptors (Lipinski definition) is 2. The predicted molar refractivity (Wildman–Crippen MR) is 58.6 cm³/mol. The molecule has 2 heteroatoms. The molecule has 0 fully saturated rings. The van der Waals surface area contributed by atoms with E-state index in [1.807, 2.05) is 6.92 Å². The van der Waals surface area contributed by atoms with Gasteiger partial charge in [0.15, 0.2) is 0 Å². The molecule has 0 spiro atoms. The molecule has 0 radical (unpaired) electrons. The van der Waals surface area contributed by atoms with E-state index in [1.165, 1.54) is 25.7 Å². The first kappa shape index (κ1) is 11.1. The van der Waals surface area contributed by atoms with Crippen LogP contribution in [-0.4, -0.2) is 6.04 Å². The molecule has 0 unspecified atom stereocenters. The molecule has 2 nitrogen and oxygen atoms in total. The average molecular weight is 192 g/mol. The van der Waals surface area contributed by atoms with Crippen LogP contribution in [0.2, 0.25) is 0 Å². The predicted octanol–water partition coefficient (Wildman–Crippen LogP) is 3.12. The topological polar surface area (TPSA) is 35.8 Å². The van der Waals surface area contributed by atoms with Crippen molar-refractivity contribution in [3.8, 4) is 6.07 Å². The number of unbranched alkanes of at least 4 members (excludes halogenated alkanes) is 2. The highest BCUT2D eigenvalue weighted by Crippen LogP contribution is 2.20. The minimum Gasteiger partial charge on any atom is -0.385 e. The summed E-state index contributed by atoms with van der Waals surface area (Å²) in [6, 6.07) is 2.87. The Balaban J connectivity index is 2.34. The summed E-state index contributed by atoms with van der Waals surface area (Å²) in [5.74, 6) is 0. The number of nitrogens with zero attached hydrogens (tertiary/aromatic N) is 1. The third-order valence-electron chi connectivity index (χ3n) is 2.91. The van der Waals surface area contributed by atoms with Crippen molar-refractivity contribution in [3.05, 3.63) is 11.3 Å². The summed E-state index contributed by atoms with van der Waals surface area (Å²) in [4.78, 5) is 0. The summed E-state index contributed by atoms with van der Waals surface area (Å²) in [5.41, 5.74) is 2.04. The van der Waals surface area contributed by atoms with Crippen LogP contribution in [0.1, 0.15) is 52.4 Å². The largest absolute Gasteiger partial charge is 0.385 e. The zero-order chi connectivity index (χ0) is 10.4. The summed E-state index contributed by atoms with van der Waals surface area (Å²) in [5, 5.41) is 12.2. The number of rotatable bonds is 4. The highest BCUT2D eigenvalue weighted by Gasteiger charge is 2.16. The molecule has 0 aliphatic carbocycles. The lowest BCUT2D eigenvalue weighted by molar-refractivity contribution is 0.448. The van der Waals surface area contributed by atoms with Gasteiger partial charge in [0.1, 0.15) is 0 Å². The van der Waals surface area contributed by atoms with Gasteiger partial charge < -0.3 is 5.32 Å². The molecule has 0 aromatic rings. The first-order valence-electron chi connectivity index (χ1n) is 5.64. The van der Waals surface area contributed by atoms with Crippen molar-refractivity contribution >= 4 is 0 Å². The van der Waals surface area contributed by atoms with Crippen LogP contribution >= 0.6 is 0 Å². The maximum absolute atomic E-state index is 8.81. The van der Waals surface area contributed by atoms with E-state index in [1.54, 1.807) is 0 Å². The van der Waals surface area contributed by atoms with Gasteiger partial charge in [-0.25, -0.2) is 0 Å². The Morgan fingerprint density at radius 3 is 2.86 bits per heavy atom. The molecule has 1 N–H and O–H groups in total. The molecule has 0 saturated carbocycles. The summed E-state index contributed by atoms with van der Waals surface area (Å²) in [6.45, 7) is 4.25. The number of nitrogens with one attached hydrogen (secondary N) is 1. The van der Waals surface area contributed by atoms with Gasteiger partial charge in [0.05, 0.1) is 6.07 Å². The molecular weight excluding hydrogens is 172 g/mol. The SMILES string of the molecule is CCCCC[C@@H]1CCC(C#N)=C(C)N1. The van der Waals surface area contributed by atoms with Gasteiger partial charge in [-0.3, -0.25) is 0 Å². The summed E-state index contributed by atoms with van der Waals surface area (Å²) in [7, 11) is 0. The second-order valence-corrected chi connectivity index (χ2v) is 4.09. The van der Waals surface area contributed by atoms with E-state index in [9.17, 15) is 0 Å². The van der Waals surface area contributed by atoms with Crippen LogP contribution in [0.3, 0.4) is 0 Å². The van der Waals surface area contributed by atoms with Crippen LogP contribution in [-0.2, 0) is 0 Å². The Labute approximate surface area is 87.0 Å². The lowest BCUT2D eigenvalue weighted by Crippen LogP contribution is -2.31. The lowest BCUT2D eigenvalue weighted by Gasteiger charge is -2.25. The summed E-state index contributed by atoms with van der Waals surface area (Å²) < 4.78 is 0. The summed E-state index contributed by atoms with van der Waals surface area (Å²) >= 11 is 0. The first-order valence-corrected chi connectivity index (χ1v) is 5.64. The van der Waals surface area contributed by atoms with E-state index in [0.29, 0.717) is 6.04 Å². The van der Waals surface area contributed by atoms with Crippen molar-refractivity contribution in [1.82, 2.24) is 5.32 Å². The molecule has 0 aromatic heterocycles. The molecule has 78 valence electrons. The Morgan fingerprint density at radius 2 is 2.29 bits per heavy atom. The Kier molecular flexibility index (Phi) is 4.52. The van der Waals surface area contributed by atoms with Gasteiger partial charge in [0.25, 0.3) is 0 Å². The van der Waals surface area contributed by atoms with Crippen LogP contribution in [0.4, 0.5) is 0 Å². The van der Waals surface area contributed by atoms with Crippen molar-refractivity contribution in [3.63, 3.8) is 0 Å². The zero-order valence-electron chi connectivity index (χ0n) is 9.27. The van der Waals surface area contributed by atoms with Gasteiger partial charge in [0, 0.05) is 17.3 Å². The molecule has 1 aliphatic rings. The van der Waals surface area contributed by atoms with Crippen molar-refractivity contribution in [1.29, 1.82) is 5.26 Å². The average Bonchev–Trinajstić information content (AvgIpc) is 2.18. The highest BCUT2D eigenvalue weighted by molar-refractivity contribution is 5.28. The standard InChI is InChI=1S/C12H20N2/c1-3-4-5-6-12-8-7-11(9-13)10(2)14-12/h12,14H,3-8H2,1-2H3/t12-/m1/s1. The fourth-order valence-electron chi connectivity index (χ4n) is 1.97. The smallest absolute Gasteiger partial charge is 0.0965 e. The van der Waals surface area contributed by atoms with Gasteiger partial charge in [0.2, 0.25) is 0 Å². The number of allylic oxidation sites excluding steroid dienone is 2. The van der Waals surface area contributed by atoms with E-state index < -0.39 is 0 Å². The van der Waals surface area contributed by atoms with Crippen LogP contribution in [0.25, 0.3) is 0 Å².